The SMILES string of the molecule is Cc1ccc(CNC(=O)c2[nH]cnc2C(=O)NCc2ccccc2)cc1C. The number of hydrogen-bond donors (Lipinski definition) is 3. The first-order valence-corrected chi connectivity index (χ1v) is 8.74. The molecule has 0 aliphatic rings. The van der Waals surface area contributed by atoms with Gasteiger partial charge in [-0.05, 0) is 36.1 Å². The van der Waals surface area contributed by atoms with Crippen LogP contribution in [0.25, 0.3) is 0 Å². The molecule has 27 heavy (non-hydrogen) atoms. The van der Waals surface area contributed by atoms with Crippen molar-refractivity contribution < 1.29 is 9.59 Å². The van der Waals surface area contributed by atoms with Crippen LogP contribution in [0.3, 0.4) is 0 Å². The molecule has 3 aromatic rings. The van der Waals surface area contributed by atoms with Gasteiger partial charge in [0.1, 0.15) is 5.69 Å². The van der Waals surface area contributed by atoms with Crippen LogP contribution in [-0.2, 0) is 13.1 Å². The van der Waals surface area contributed by atoms with Gasteiger partial charge in [0, 0.05) is 13.1 Å². The molecule has 0 bridgehead atoms. The highest BCUT2D eigenvalue weighted by Gasteiger charge is 2.20. The lowest BCUT2D eigenvalue weighted by molar-refractivity contribution is 0.0911. The molecule has 1 heterocycles. The van der Waals surface area contributed by atoms with Crippen molar-refractivity contribution in [2.45, 2.75) is 26.9 Å². The number of carbonyl (C=O) groups is 2. The first kappa shape index (κ1) is 18.4. The molecule has 2 amide bonds. The molecule has 0 aliphatic heterocycles. The summed E-state index contributed by atoms with van der Waals surface area (Å²) >= 11 is 0. The van der Waals surface area contributed by atoms with Crippen molar-refractivity contribution in [2.75, 3.05) is 0 Å². The molecule has 6 nitrogen and oxygen atoms in total. The fourth-order valence-corrected chi connectivity index (χ4v) is 2.69. The number of H-pyrrole nitrogens is 1. The Hall–Kier alpha value is -3.41. The first-order chi connectivity index (χ1) is 13.0. The number of imidazole rings is 1. The molecule has 3 N–H and O–H groups in total. The van der Waals surface area contributed by atoms with E-state index in [1.807, 2.05) is 62.4 Å². The Morgan fingerprint density at radius 1 is 0.889 bits per heavy atom. The molecule has 0 aliphatic carbocycles. The maximum absolute atomic E-state index is 12.5. The summed E-state index contributed by atoms with van der Waals surface area (Å²) in [7, 11) is 0. The summed E-state index contributed by atoms with van der Waals surface area (Å²) in [4.78, 5) is 31.6. The van der Waals surface area contributed by atoms with E-state index in [0.29, 0.717) is 13.1 Å². The lowest BCUT2D eigenvalue weighted by atomic mass is 10.1. The topological polar surface area (TPSA) is 86.9 Å². The number of hydrogen-bond acceptors (Lipinski definition) is 3. The Bertz CT molecular complexity index is 948. The molecule has 6 heteroatoms. The Morgan fingerprint density at radius 3 is 2.33 bits per heavy atom. The fourth-order valence-electron chi connectivity index (χ4n) is 2.69. The third-order valence-electron chi connectivity index (χ3n) is 4.40. The molecule has 0 radical (unpaired) electrons. The molecule has 0 fully saturated rings. The maximum Gasteiger partial charge on any atom is 0.272 e. The summed E-state index contributed by atoms with van der Waals surface area (Å²) in [5.41, 5.74) is 4.59. The van der Waals surface area contributed by atoms with Gasteiger partial charge >= 0.3 is 0 Å². The molecule has 1 aromatic heterocycles. The average Bonchev–Trinajstić information content (AvgIpc) is 3.17. The lowest BCUT2D eigenvalue weighted by Gasteiger charge is -2.08. The zero-order valence-corrected chi connectivity index (χ0v) is 15.4. The Labute approximate surface area is 158 Å². The van der Waals surface area contributed by atoms with Crippen molar-refractivity contribution in [1.82, 2.24) is 20.6 Å². The Kier molecular flexibility index (Phi) is 5.66. The Balaban J connectivity index is 1.62. The van der Waals surface area contributed by atoms with E-state index in [0.717, 1.165) is 11.1 Å². The molecule has 3 rings (SSSR count). The number of aromatic amines is 1. The van der Waals surface area contributed by atoms with Crippen LogP contribution >= 0.6 is 0 Å². The zero-order chi connectivity index (χ0) is 19.2. The number of aromatic nitrogens is 2. The van der Waals surface area contributed by atoms with E-state index in [1.54, 1.807) is 0 Å². The fraction of sp³-hybridized carbons (Fsp3) is 0.190. The Morgan fingerprint density at radius 2 is 1.59 bits per heavy atom. The van der Waals surface area contributed by atoms with Crippen LogP contribution in [0.4, 0.5) is 0 Å². The highest BCUT2D eigenvalue weighted by Crippen LogP contribution is 2.10. The van der Waals surface area contributed by atoms with Crippen molar-refractivity contribution in [1.29, 1.82) is 0 Å². The number of amides is 2. The molecular weight excluding hydrogens is 340 g/mol. The van der Waals surface area contributed by atoms with E-state index < -0.39 is 5.91 Å². The molecule has 138 valence electrons. The summed E-state index contributed by atoms with van der Waals surface area (Å²) < 4.78 is 0. The number of rotatable bonds is 6. The minimum Gasteiger partial charge on any atom is -0.347 e. The molecule has 0 spiro atoms. The van der Waals surface area contributed by atoms with Crippen LogP contribution in [0, 0.1) is 13.8 Å². The van der Waals surface area contributed by atoms with Gasteiger partial charge in [0.05, 0.1) is 6.33 Å². The van der Waals surface area contributed by atoms with Crippen molar-refractivity contribution in [3.8, 4) is 0 Å². The summed E-state index contributed by atoms with van der Waals surface area (Å²) in [5.74, 6) is -0.757. The molecule has 0 atom stereocenters. The number of benzene rings is 2. The largest absolute Gasteiger partial charge is 0.347 e. The molecular formula is C21H22N4O2. The third-order valence-corrected chi connectivity index (χ3v) is 4.40. The van der Waals surface area contributed by atoms with Crippen LogP contribution in [0.1, 0.15) is 43.2 Å². The minimum atomic E-state index is -0.392. The molecule has 0 saturated heterocycles. The number of nitrogens with zero attached hydrogens (tertiary/aromatic N) is 1. The molecule has 2 aromatic carbocycles. The minimum absolute atomic E-state index is 0.0866. The van der Waals surface area contributed by atoms with E-state index in [-0.39, 0.29) is 17.3 Å². The van der Waals surface area contributed by atoms with Crippen LogP contribution in [-0.4, -0.2) is 21.8 Å². The van der Waals surface area contributed by atoms with E-state index in [1.165, 1.54) is 17.5 Å². The van der Waals surface area contributed by atoms with Gasteiger partial charge in [-0.1, -0.05) is 48.5 Å². The van der Waals surface area contributed by atoms with Crippen LogP contribution < -0.4 is 10.6 Å². The summed E-state index contributed by atoms with van der Waals surface area (Å²) in [6.07, 6.45) is 1.35. The lowest BCUT2D eigenvalue weighted by Crippen LogP contribution is -2.29. The standard InChI is InChI=1S/C21H22N4O2/c1-14-8-9-17(10-15(14)2)12-23-21(27)19-18(24-13-25-19)20(26)22-11-16-6-4-3-5-7-16/h3-10,13H,11-12H2,1-2H3,(H,22,26)(H,23,27)(H,24,25). The van der Waals surface area contributed by atoms with Crippen molar-refractivity contribution in [3.63, 3.8) is 0 Å². The molecule has 0 unspecified atom stereocenters. The second-order valence-corrected chi connectivity index (χ2v) is 6.40. The van der Waals surface area contributed by atoms with Gasteiger partial charge < -0.3 is 15.6 Å². The summed E-state index contributed by atoms with van der Waals surface area (Å²) in [6, 6.07) is 15.6. The van der Waals surface area contributed by atoms with Crippen molar-refractivity contribution >= 4 is 11.8 Å². The number of nitrogens with one attached hydrogen (secondary N) is 3. The van der Waals surface area contributed by atoms with E-state index in [9.17, 15) is 9.59 Å². The van der Waals surface area contributed by atoms with Gasteiger partial charge in [0.2, 0.25) is 0 Å². The highest BCUT2D eigenvalue weighted by atomic mass is 16.2. The number of aryl methyl sites for hydroxylation is 2. The van der Waals surface area contributed by atoms with Gasteiger partial charge in [0.25, 0.3) is 11.8 Å². The average molecular weight is 362 g/mol. The van der Waals surface area contributed by atoms with Gasteiger partial charge in [-0.3, -0.25) is 9.59 Å². The van der Waals surface area contributed by atoms with Crippen molar-refractivity contribution in [2.24, 2.45) is 0 Å². The van der Waals surface area contributed by atoms with E-state index in [2.05, 4.69) is 20.6 Å². The zero-order valence-electron chi connectivity index (χ0n) is 15.4. The van der Waals surface area contributed by atoms with Crippen LogP contribution in [0.5, 0.6) is 0 Å². The number of carbonyl (C=O) groups excluding carboxylic acids is 2. The van der Waals surface area contributed by atoms with Crippen LogP contribution in [0.15, 0.2) is 54.9 Å². The van der Waals surface area contributed by atoms with Gasteiger partial charge in [0.15, 0.2) is 5.69 Å². The second kappa shape index (κ2) is 8.31. The second-order valence-electron chi connectivity index (χ2n) is 6.40. The smallest absolute Gasteiger partial charge is 0.272 e. The van der Waals surface area contributed by atoms with Gasteiger partial charge in [-0.25, -0.2) is 4.98 Å². The third kappa shape index (κ3) is 4.61. The molecule has 0 saturated carbocycles. The monoisotopic (exact) mass is 362 g/mol. The normalized spacial score (nSPS) is 10.4. The highest BCUT2D eigenvalue weighted by molar-refractivity contribution is 6.04. The predicted molar refractivity (Wildman–Crippen MR) is 103 cm³/mol. The first-order valence-electron chi connectivity index (χ1n) is 8.74. The summed E-state index contributed by atoms with van der Waals surface area (Å²) in [5, 5.41) is 5.61. The van der Waals surface area contributed by atoms with Gasteiger partial charge in [-0.15, -0.1) is 0 Å². The van der Waals surface area contributed by atoms with Crippen LogP contribution in [0.2, 0.25) is 0 Å². The van der Waals surface area contributed by atoms with E-state index in [4.69, 9.17) is 0 Å². The van der Waals surface area contributed by atoms with E-state index >= 15 is 0 Å². The summed E-state index contributed by atoms with van der Waals surface area (Å²) in [6.45, 7) is 4.83. The predicted octanol–water partition coefficient (Wildman–Crippen LogP) is 2.89. The quantitative estimate of drug-likeness (QED) is 0.630. The van der Waals surface area contributed by atoms with Gasteiger partial charge in [-0.2, -0.15) is 0 Å². The van der Waals surface area contributed by atoms with Crippen molar-refractivity contribution in [3.05, 3.63) is 88.5 Å². The maximum atomic E-state index is 12.5.